The van der Waals surface area contributed by atoms with E-state index in [1.807, 2.05) is 0 Å². The van der Waals surface area contributed by atoms with Gasteiger partial charge in [0, 0.05) is 6.20 Å². The third-order valence-electron chi connectivity index (χ3n) is 2.51. The Morgan fingerprint density at radius 2 is 2.11 bits per heavy atom. The Kier molecular flexibility index (Phi) is 3.32. The maximum Gasteiger partial charge on any atom is 0.420 e. The predicted octanol–water partition coefficient (Wildman–Crippen LogP) is 2.97. The van der Waals surface area contributed by atoms with Crippen molar-refractivity contribution in [1.29, 1.82) is 0 Å². The minimum absolute atomic E-state index is 0.0421. The molecule has 0 unspecified atom stereocenters. The standard InChI is InChI=1S/C11H7ClF3N3O/c1-6-7(9(12)19)5-17-18(6)10-8(11(13,14)15)3-2-4-16-10/h2-5H,1H3. The van der Waals surface area contributed by atoms with Gasteiger partial charge in [0.05, 0.1) is 17.5 Å². The van der Waals surface area contributed by atoms with Gasteiger partial charge in [-0.3, -0.25) is 4.79 Å². The first kappa shape index (κ1) is 13.5. The van der Waals surface area contributed by atoms with Gasteiger partial charge in [0.2, 0.25) is 0 Å². The van der Waals surface area contributed by atoms with E-state index in [1.165, 1.54) is 19.2 Å². The smallest absolute Gasteiger partial charge is 0.275 e. The fraction of sp³-hybridized carbons (Fsp3) is 0.182. The molecule has 0 aromatic carbocycles. The molecule has 0 fully saturated rings. The van der Waals surface area contributed by atoms with Crippen LogP contribution in [-0.4, -0.2) is 20.0 Å². The number of nitrogens with zero attached hydrogens (tertiary/aromatic N) is 3. The minimum Gasteiger partial charge on any atom is -0.275 e. The third-order valence-corrected chi connectivity index (χ3v) is 2.72. The van der Waals surface area contributed by atoms with Crippen LogP contribution in [0.4, 0.5) is 13.2 Å². The zero-order valence-electron chi connectivity index (χ0n) is 9.57. The van der Waals surface area contributed by atoms with Crippen LogP contribution >= 0.6 is 11.6 Å². The molecule has 0 atom stereocenters. The van der Waals surface area contributed by atoms with Crippen molar-refractivity contribution in [2.24, 2.45) is 0 Å². The number of pyridine rings is 1. The largest absolute Gasteiger partial charge is 0.420 e. The molecule has 0 N–H and O–H groups in total. The van der Waals surface area contributed by atoms with Crippen LogP contribution in [0.25, 0.3) is 5.82 Å². The lowest BCUT2D eigenvalue weighted by Crippen LogP contribution is -2.14. The quantitative estimate of drug-likeness (QED) is 0.799. The lowest BCUT2D eigenvalue weighted by atomic mass is 10.2. The van der Waals surface area contributed by atoms with Crippen LogP contribution in [0.3, 0.4) is 0 Å². The van der Waals surface area contributed by atoms with E-state index in [4.69, 9.17) is 11.6 Å². The van der Waals surface area contributed by atoms with Crippen LogP contribution in [0.1, 0.15) is 21.6 Å². The highest BCUT2D eigenvalue weighted by atomic mass is 35.5. The van der Waals surface area contributed by atoms with Crippen molar-refractivity contribution in [2.75, 3.05) is 0 Å². The highest BCUT2D eigenvalue weighted by molar-refractivity contribution is 6.67. The molecular formula is C11H7ClF3N3O. The second-order valence-corrected chi connectivity index (χ2v) is 4.04. The molecule has 8 heteroatoms. The molecule has 100 valence electrons. The zero-order chi connectivity index (χ0) is 14.2. The molecule has 4 nitrogen and oxygen atoms in total. The SMILES string of the molecule is Cc1c(C(=O)Cl)cnn1-c1ncccc1C(F)(F)F. The fourth-order valence-electron chi connectivity index (χ4n) is 1.60. The van der Waals surface area contributed by atoms with Gasteiger partial charge < -0.3 is 0 Å². The number of rotatable bonds is 2. The summed E-state index contributed by atoms with van der Waals surface area (Å²) in [6, 6.07) is 2.07. The number of halogens is 4. The van der Waals surface area contributed by atoms with Gasteiger partial charge >= 0.3 is 6.18 Å². The lowest BCUT2D eigenvalue weighted by molar-refractivity contribution is -0.137. The molecule has 19 heavy (non-hydrogen) atoms. The zero-order valence-corrected chi connectivity index (χ0v) is 10.3. The van der Waals surface area contributed by atoms with E-state index in [0.717, 1.165) is 16.9 Å². The van der Waals surface area contributed by atoms with E-state index in [0.29, 0.717) is 0 Å². The Morgan fingerprint density at radius 1 is 1.42 bits per heavy atom. The number of aromatic nitrogens is 3. The Morgan fingerprint density at radius 3 is 2.63 bits per heavy atom. The Labute approximate surface area is 110 Å². The van der Waals surface area contributed by atoms with Crippen molar-refractivity contribution in [3.8, 4) is 5.82 Å². The van der Waals surface area contributed by atoms with Crippen molar-refractivity contribution in [3.63, 3.8) is 0 Å². The molecule has 2 heterocycles. The summed E-state index contributed by atoms with van der Waals surface area (Å²) in [7, 11) is 0. The van der Waals surface area contributed by atoms with Crippen molar-refractivity contribution < 1.29 is 18.0 Å². The molecule has 0 radical (unpaired) electrons. The molecule has 0 amide bonds. The first-order valence-corrected chi connectivity index (χ1v) is 5.47. The average Bonchev–Trinajstić information content (AvgIpc) is 2.70. The van der Waals surface area contributed by atoms with E-state index in [9.17, 15) is 18.0 Å². The first-order valence-electron chi connectivity index (χ1n) is 5.09. The molecular weight excluding hydrogens is 283 g/mol. The molecule has 0 aliphatic heterocycles. The molecule has 0 saturated heterocycles. The van der Waals surface area contributed by atoms with E-state index < -0.39 is 22.8 Å². The fourth-order valence-corrected chi connectivity index (χ4v) is 1.79. The summed E-state index contributed by atoms with van der Waals surface area (Å²) in [4.78, 5) is 14.7. The number of alkyl halides is 3. The highest BCUT2D eigenvalue weighted by Gasteiger charge is 2.35. The van der Waals surface area contributed by atoms with Crippen LogP contribution in [0.15, 0.2) is 24.5 Å². The van der Waals surface area contributed by atoms with Gasteiger partial charge in [0.1, 0.15) is 5.56 Å². The van der Waals surface area contributed by atoms with E-state index in [1.54, 1.807) is 0 Å². The second-order valence-electron chi connectivity index (χ2n) is 3.70. The van der Waals surface area contributed by atoms with Gasteiger partial charge in [-0.1, -0.05) is 0 Å². The minimum atomic E-state index is -4.56. The maximum absolute atomic E-state index is 12.9. The van der Waals surface area contributed by atoms with Crippen LogP contribution in [-0.2, 0) is 6.18 Å². The van der Waals surface area contributed by atoms with Gasteiger partial charge in [-0.2, -0.15) is 18.3 Å². The maximum atomic E-state index is 12.9. The highest BCUT2D eigenvalue weighted by Crippen LogP contribution is 2.33. The Bertz CT molecular complexity index is 636. The summed E-state index contributed by atoms with van der Waals surface area (Å²) >= 11 is 5.30. The molecule has 0 bridgehead atoms. The predicted molar refractivity (Wildman–Crippen MR) is 61.3 cm³/mol. The summed E-state index contributed by atoms with van der Waals surface area (Å²) in [6.45, 7) is 1.44. The Balaban J connectivity index is 2.64. The molecule has 0 aliphatic rings. The number of carbonyl (C=O) groups is 1. The molecule has 0 saturated carbocycles. The summed E-state index contributed by atoms with van der Waals surface area (Å²) in [5.74, 6) is -0.392. The number of hydrogen-bond acceptors (Lipinski definition) is 3. The van der Waals surface area contributed by atoms with Gasteiger partial charge in [-0.25, -0.2) is 9.67 Å². The van der Waals surface area contributed by atoms with Crippen molar-refractivity contribution >= 4 is 16.8 Å². The van der Waals surface area contributed by atoms with Crippen LogP contribution in [0, 0.1) is 6.92 Å². The molecule has 2 aromatic rings. The number of hydrogen-bond donors (Lipinski definition) is 0. The first-order chi connectivity index (χ1) is 8.82. The van der Waals surface area contributed by atoms with Gasteiger partial charge in [-0.15, -0.1) is 0 Å². The van der Waals surface area contributed by atoms with Crippen molar-refractivity contribution in [3.05, 3.63) is 41.3 Å². The summed E-state index contributed by atoms with van der Waals surface area (Å²) in [5, 5.41) is 2.95. The normalized spacial score (nSPS) is 11.6. The summed E-state index contributed by atoms with van der Waals surface area (Å²) < 4.78 is 39.5. The summed E-state index contributed by atoms with van der Waals surface area (Å²) in [5.41, 5.74) is -0.695. The lowest BCUT2D eigenvalue weighted by Gasteiger charge is -2.12. The van der Waals surface area contributed by atoms with E-state index in [2.05, 4.69) is 10.1 Å². The molecule has 0 aliphatic carbocycles. The van der Waals surface area contributed by atoms with E-state index >= 15 is 0 Å². The third kappa shape index (κ3) is 2.46. The number of carbonyl (C=O) groups excluding carboxylic acids is 1. The Hall–Kier alpha value is -1.89. The average molecular weight is 290 g/mol. The molecule has 2 aromatic heterocycles. The van der Waals surface area contributed by atoms with E-state index in [-0.39, 0.29) is 11.3 Å². The molecule has 0 spiro atoms. The van der Waals surface area contributed by atoms with Crippen LogP contribution in [0.2, 0.25) is 0 Å². The van der Waals surface area contributed by atoms with Gasteiger partial charge in [0.25, 0.3) is 5.24 Å². The van der Waals surface area contributed by atoms with Crippen LogP contribution < -0.4 is 0 Å². The summed E-state index contributed by atoms with van der Waals surface area (Å²) in [6.07, 6.45) is -2.24. The second kappa shape index (κ2) is 4.65. The monoisotopic (exact) mass is 289 g/mol. The topological polar surface area (TPSA) is 47.8 Å². The van der Waals surface area contributed by atoms with Gasteiger partial charge in [-0.05, 0) is 30.7 Å². The van der Waals surface area contributed by atoms with Gasteiger partial charge in [0.15, 0.2) is 5.82 Å². The van der Waals surface area contributed by atoms with Crippen molar-refractivity contribution in [1.82, 2.24) is 14.8 Å². The van der Waals surface area contributed by atoms with Crippen molar-refractivity contribution in [2.45, 2.75) is 13.1 Å². The van der Waals surface area contributed by atoms with Crippen LogP contribution in [0.5, 0.6) is 0 Å². The molecule has 2 rings (SSSR count).